The molecule has 6 nitrogen and oxygen atoms in total. The molecule has 0 bridgehead atoms. The Hall–Kier alpha value is -2.63. The minimum atomic E-state index is -0.948. The van der Waals surface area contributed by atoms with Crippen LogP contribution in [0.15, 0.2) is 30.5 Å². The van der Waals surface area contributed by atoms with E-state index in [-0.39, 0.29) is 23.4 Å². The first-order valence-electron chi connectivity index (χ1n) is 9.49. The summed E-state index contributed by atoms with van der Waals surface area (Å²) in [4.78, 5) is 25.9. The van der Waals surface area contributed by atoms with Crippen LogP contribution in [0.2, 0.25) is 0 Å². The van der Waals surface area contributed by atoms with Crippen LogP contribution in [0.5, 0.6) is 0 Å². The van der Waals surface area contributed by atoms with Gasteiger partial charge in [-0.05, 0) is 43.7 Å². The maximum absolute atomic E-state index is 12.7. The Bertz CT molecular complexity index is 835. The molecule has 0 radical (unpaired) electrons. The SMILES string of the molecule is Cc1ccccc1C(C)CC(=O)N1CCC(n2ncc(C(=O)O)c2C)CC1. The fourth-order valence-electron chi connectivity index (χ4n) is 4.00. The van der Waals surface area contributed by atoms with Gasteiger partial charge in [0.05, 0.1) is 17.9 Å². The zero-order chi connectivity index (χ0) is 19.6. The largest absolute Gasteiger partial charge is 0.478 e. The normalized spacial score (nSPS) is 16.3. The second-order valence-corrected chi connectivity index (χ2v) is 7.47. The molecular formula is C21H27N3O3. The van der Waals surface area contributed by atoms with Crippen LogP contribution in [0.3, 0.4) is 0 Å². The lowest BCUT2D eigenvalue weighted by molar-refractivity contribution is -0.132. The number of carbonyl (C=O) groups is 2. The number of nitrogens with zero attached hydrogens (tertiary/aromatic N) is 3. The summed E-state index contributed by atoms with van der Waals surface area (Å²) in [5.74, 6) is -0.563. The van der Waals surface area contributed by atoms with E-state index in [9.17, 15) is 14.7 Å². The van der Waals surface area contributed by atoms with Gasteiger partial charge in [0.15, 0.2) is 0 Å². The zero-order valence-electron chi connectivity index (χ0n) is 16.2. The third-order valence-corrected chi connectivity index (χ3v) is 5.64. The second kappa shape index (κ2) is 7.94. The number of benzene rings is 1. The summed E-state index contributed by atoms with van der Waals surface area (Å²) in [6.45, 7) is 7.35. The van der Waals surface area contributed by atoms with Crippen molar-refractivity contribution >= 4 is 11.9 Å². The van der Waals surface area contributed by atoms with Gasteiger partial charge in [-0.3, -0.25) is 9.48 Å². The number of hydrogen-bond donors (Lipinski definition) is 1. The predicted octanol–water partition coefficient (Wildman–Crippen LogP) is 3.56. The molecule has 0 spiro atoms. The van der Waals surface area contributed by atoms with Crippen LogP contribution in [-0.4, -0.2) is 44.8 Å². The van der Waals surface area contributed by atoms with Gasteiger partial charge in [0.25, 0.3) is 0 Å². The third kappa shape index (κ3) is 4.04. The third-order valence-electron chi connectivity index (χ3n) is 5.64. The van der Waals surface area contributed by atoms with Gasteiger partial charge in [-0.15, -0.1) is 0 Å². The molecule has 1 unspecified atom stereocenters. The lowest BCUT2D eigenvalue weighted by Gasteiger charge is -2.33. The molecule has 2 aromatic rings. The maximum Gasteiger partial charge on any atom is 0.339 e. The Morgan fingerprint density at radius 2 is 1.89 bits per heavy atom. The van der Waals surface area contributed by atoms with E-state index in [1.807, 2.05) is 17.0 Å². The van der Waals surface area contributed by atoms with Crippen LogP contribution in [0.4, 0.5) is 0 Å². The van der Waals surface area contributed by atoms with Crippen molar-refractivity contribution in [3.63, 3.8) is 0 Å². The van der Waals surface area contributed by atoms with E-state index >= 15 is 0 Å². The molecule has 1 N–H and O–H groups in total. The van der Waals surface area contributed by atoms with Crippen LogP contribution in [0.25, 0.3) is 0 Å². The number of carbonyl (C=O) groups excluding carboxylic acids is 1. The van der Waals surface area contributed by atoms with Crippen molar-refractivity contribution in [2.24, 2.45) is 0 Å². The number of aryl methyl sites for hydroxylation is 1. The molecule has 144 valence electrons. The second-order valence-electron chi connectivity index (χ2n) is 7.47. The number of hydrogen-bond acceptors (Lipinski definition) is 3. The van der Waals surface area contributed by atoms with Crippen molar-refractivity contribution in [1.82, 2.24) is 14.7 Å². The molecule has 3 rings (SSSR count). The molecule has 0 saturated carbocycles. The Morgan fingerprint density at radius 1 is 1.22 bits per heavy atom. The molecule has 6 heteroatoms. The molecule has 0 aliphatic carbocycles. The molecule has 1 aliphatic heterocycles. The average Bonchev–Trinajstić information content (AvgIpc) is 3.03. The van der Waals surface area contributed by atoms with Crippen molar-refractivity contribution in [2.75, 3.05) is 13.1 Å². The van der Waals surface area contributed by atoms with E-state index in [1.165, 1.54) is 17.3 Å². The fourth-order valence-corrected chi connectivity index (χ4v) is 4.00. The Balaban J connectivity index is 1.58. The van der Waals surface area contributed by atoms with Crippen LogP contribution >= 0.6 is 0 Å². The average molecular weight is 369 g/mol. The molecule has 1 amide bonds. The number of piperidine rings is 1. The van der Waals surface area contributed by atoms with Gasteiger partial charge in [0, 0.05) is 19.5 Å². The van der Waals surface area contributed by atoms with Crippen LogP contribution in [-0.2, 0) is 4.79 Å². The molecule has 1 fully saturated rings. The number of carboxylic acid groups (broad SMARTS) is 1. The van der Waals surface area contributed by atoms with E-state index in [0.29, 0.717) is 25.2 Å². The summed E-state index contributed by atoms with van der Waals surface area (Å²) in [5, 5.41) is 13.4. The van der Waals surface area contributed by atoms with E-state index in [1.54, 1.807) is 11.6 Å². The summed E-state index contributed by atoms with van der Waals surface area (Å²) in [6, 6.07) is 8.37. The Morgan fingerprint density at radius 3 is 2.48 bits per heavy atom. The molecule has 1 atom stereocenters. The lowest BCUT2D eigenvalue weighted by Crippen LogP contribution is -2.39. The van der Waals surface area contributed by atoms with E-state index in [4.69, 9.17) is 0 Å². The molecule has 1 aromatic carbocycles. The highest BCUT2D eigenvalue weighted by Gasteiger charge is 2.27. The maximum atomic E-state index is 12.7. The topological polar surface area (TPSA) is 75.4 Å². The van der Waals surface area contributed by atoms with Gasteiger partial charge in [-0.1, -0.05) is 31.2 Å². The molecule has 1 aromatic heterocycles. The number of carboxylic acids is 1. The van der Waals surface area contributed by atoms with Gasteiger partial charge in [0.1, 0.15) is 5.56 Å². The fraction of sp³-hybridized carbons (Fsp3) is 0.476. The molecule has 27 heavy (non-hydrogen) atoms. The Kier molecular flexibility index (Phi) is 5.63. The van der Waals surface area contributed by atoms with Crippen molar-refractivity contribution in [3.8, 4) is 0 Å². The van der Waals surface area contributed by atoms with Crippen molar-refractivity contribution in [1.29, 1.82) is 0 Å². The number of aromatic carboxylic acids is 1. The molecule has 2 heterocycles. The summed E-state index contributed by atoms with van der Waals surface area (Å²) in [6.07, 6.45) is 3.52. The first kappa shape index (κ1) is 19.1. The number of rotatable bonds is 5. The van der Waals surface area contributed by atoms with Crippen molar-refractivity contribution in [2.45, 2.75) is 52.0 Å². The smallest absolute Gasteiger partial charge is 0.339 e. The zero-order valence-corrected chi connectivity index (χ0v) is 16.2. The predicted molar refractivity (Wildman–Crippen MR) is 103 cm³/mol. The van der Waals surface area contributed by atoms with Crippen LogP contribution in [0, 0.1) is 13.8 Å². The number of amides is 1. The first-order chi connectivity index (χ1) is 12.9. The van der Waals surface area contributed by atoms with Gasteiger partial charge in [-0.25, -0.2) is 4.79 Å². The quantitative estimate of drug-likeness (QED) is 0.874. The standard InChI is InChI=1S/C21H27N3O3/c1-14-6-4-5-7-18(14)15(2)12-20(25)23-10-8-17(9-11-23)24-16(3)19(13-22-24)21(26)27/h4-7,13,15,17H,8-12H2,1-3H3,(H,26,27). The summed E-state index contributed by atoms with van der Waals surface area (Å²) in [5.41, 5.74) is 3.38. The summed E-state index contributed by atoms with van der Waals surface area (Å²) < 4.78 is 1.81. The van der Waals surface area contributed by atoms with Gasteiger partial charge >= 0.3 is 5.97 Å². The monoisotopic (exact) mass is 369 g/mol. The lowest BCUT2D eigenvalue weighted by atomic mass is 9.93. The van der Waals surface area contributed by atoms with Gasteiger partial charge in [-0.2, -0.15) is 5.10 Å². The highest BCUT2D eigenvalue weighted by atomic mass is 16.4. The first-order valence-corrected chi connectivity index (χ1v) is 9.49. The molecule has 1 saturated heterocycles. The number of aromatic nitrogens is 2. The summed E-state index contributed by atoms with van der Waals surface area (Å²) >= 11 is 0. The number of likely N-dealkylation sites (tertiary alicyclic amines) is 1. The van der Waals surface area contributed by atoms with Crippen LogP contribution < -0.4 is 0 Å². The minimum Gasteiger partial charge on any atom is -0.478 e. The van der Waals surface area contributed by atoms with Crippen LogP contribution in [0.1, 0.15) is 65.3 Å². The van der Waals surface area contributed by atoms with E-state index < -0.39 is 5.97 Å². The minimum absolute atomic E-state index is 0.149. The Labute approximate surface area is 159 Å². The molecular weight excluding hydrogens is 342 g/mol. The van der Waals surface area contributed by atoms with Gasteiger partial charge in [0.2, 0.25) is 5.91 Å². The van der Waals surface area contributed by atoms with E-state index in [0.717, 1.165) is 12.8 Å². The van der Waals surface area contributed by atoms with Crippen molar-refractivity contribution in [3.05, 3.63) is 52.8 Å². The summed E-state index contributed by atoms with van der Waals surface area (Å²) in [7, 11) is 0. The van der Waals surface area contributed by atoms with Gasteiger partial charge < -0.3 is 10.0 Å². The highest BCUT2D eigenvalue weighted by Crippen LogP contribution is 2.27. The highest BCUT2D eigenvalue weighted by molar-refractivity contribution is 5.88. The van der Waals surface area contributed by atoms with E-state index in [2.05, 4.69) is 31.1 Å². The molecule has 1 aliphatic rings. The van der Waals surface area contributed by atoms with Crippen molar-refractivity contribution < 1.29 is 14.7 Å².